The topological polar surface area (TPSA) is 55.8 Å². The van der Waals surface area contributed by atoms with Crippen molar-refractivity contribution in [3.8, 4) is 0 Å². The normalized spacial score (nSPS) is 21.1. The summed E-state index contributed by atoms with van der Waals surface area (Å²) in [5.74, 6) is -0.208. The minimum absolute atomic E-state index is 0.00950. The summed E-state index contributed by atoms with van der Waals surface area (Å²) in [6.07, 6.45) is 4.81. The van der Waals surface area contributed by atoms with Crippen molar-refractivity contribution in [1.82, 2.24) is 9.80 Å². The maximum atomic E-state index is 10.9. The van der Waals surface area contributed by atoms with Gasteiger partial charge in [0.05, 0.1) is 23.2 Å². The summed E-state index contributed by atoms with van der Waals surface area (Å²) >= 11 is 19.0. The molecule has 190 valence electrons. The third kappa shape index (κ3) is 7.05. The average molecular weight is 539 g/mol. The Bertz CT molecular complexity index is 1030. The first-order valence-corrected chi connectivity index (χ1v) is 13.6. The molecule has 0 aliphatic carbocycles. The van der Waals surface area contributed by atoms with Crippen LogP contribution in [0.25, 0.3) is 0 Å². The van der Waals surface area contributed by atoms with Crippen LogP contribution in [0.2, 0.25) is 15.1 Å². The number of hydrogen-bond donors (Lipinski definition) is 2. The van der Waals surface area contributed by atoms with Crippen molar-refractivity contribution in [3.05, 3.63) is 62.6 Å². The van der Waals surface area contributed by atoms with Gasteiger partial charge in [-0.1, -0.05) is 46.9 Å². The number of rotatable bonds is 8. The molecule has 2 atom stereocenters. The van der Waals surface area contributed by atoms with Gasteiger partial charge < -0.3 is 15.3 Å². The maximum Gasteiger partial charge on any atom is 0.304 e. The molecule has 5 nitrogen and oxygen atoms in total. The van der Waals surface area contributed by atoms with E-state index < -0.39 is 5.97 Å². The Kier molecular flexibility index (Phi) is 9.23. The van der Waals surface area contributed by atoms with E-state index in [2.05, 4.69) is 34.2 Å². The molecule has 2 saturated heterocycles. The van der Waals surface area contributed by atoms with Crippen molar-refractivity contribution >= 4 is 46.5 Å². The summed E-state index contributed by atoms with van der Waals surface area (Å²) in [6, 6.07) is 12.4. The largest absolute Gasteiger partial charge is 0.481 e. The quantitative estimate of drug-likeness (QED) is 0.381. The smallest absolute Gasteiger partial charge is 0.304 e. The fraction of sp³-hybridized carbons (Fsp3) is 0.519. The number of hydrogen-bond acceptors (Lipinski definition) is 4. The standard InChI is InChI=1S/C27H34Cl3N3O2/c1-18(23-6-5-21(28)16-25(23)30)31-26-15-20(4-7-24(26)29)19-8-13-33(14-9-19)22-3-2-11-32(17-22)12-10-27(34)35/h4-7,15-16,18-19,22,31H,2-3,8-14,17H2,1H3,(H,34,35)/t18?,22-/m0/s1. The van der Waals surface area contributed by atoms with Crippen LogP contribution in [0.4, 0.5) is 5.69 Å². The zero-order chi connectivity index (χ0) is 24.9. The van der Waals surface area contributed by atoms with Crippen LogP contribution in [0.15, 0.2) is 36.4 Å². The molecule has 2 aromatic carbocycles. The molecule has 8 heteroatoms. The summed E-state index contributed by atoms with van der Waals surface area (Å²) < 4.78 is 0. The number of aliphatic carboxylic acids is 1. The highest BCUT2D eigenvalue weighted by molar-refractivity contribution is 6.35. The van der Waals surface area contributed by atoms with E-state index in [1.807, 2.05) is 18.2 Å². The molecule has 1 unspecified atom stereocenters. The predicted molar refractivity (Wildman–Crippen MR) is 145 cm³/mol. The van der Waals surface area contributed by atoms with Crippen LogP contribution >= 0.6 is 34.8 Å². The van der Waals surface area contributed by atoms with Gasteiger partial charge >= 0.3 is 5.97 Å². The van der Waals surface area contributed by atoms with E-state index in [0.29, 0.717) is 33.6 Å². The van der Waals surface area contributed by atoms with Crippen LogP contribution in [-0.4, -0.2) is 59.6 Å². The molecule has 0 radical (unpaired) electrons. The predicted octanol–water partition coefficient (Wildman–Crippen LogP) is 6.94. The molecule has 2 aliphatic heterocycles. The molecule has 2 N–H and O–H groups in total. The third-order valence-corrected chi connectivity index (χ3v) is 8.32. The number of carboxylic acid groups (broad SMARTS) is 1. The summed E-state index contributed by atoms with van der Waals surface area (Å²) in [4.78, 5) is 15.9. The second kappa shape index (κ2) is 12.2. The summed E-state index contributed by atoms with van der Waals surface area (Å²) in [6.45, 7) is 6.87. The molecule has 0 bridgehead atoms. The second-order valence-electron chi connectivity index (χ2n) is 9.82. The summed E-state index contributed by atoms with van der Waals surface area (Å²) in [7, 11) is 0. The van der Waals surface area contributed by atoms with Gasteiger partial charge in [-0.05, 0) is 93.6 Å². The highest BCUT2D eigenvalue weighted by atomic mass is 35.5. The van der Waals surface area contributed by atoms with Gasteiger partial charge in [-0.15, -0.1) is 0 Å². The molecular weight excluding hydrogens is 505 g/mol. The van der Waals surface area contributed by atoms with Crippen LogP contribution in [0.1, 0.15) is 62.1 Å². The van der Waals surface area contributed by atoms with Gasteiger partial charge in [0.1, 0.15) is 0 Å². The van der Waals surface area contributed by atoms with E-state index in [0.717, 1.165) is 56.7 Å². The van der Waals surface area contributed by atoms with Crippen molar-refractivity contribution in [1.29, 1.82) is 0 Å². The van der Waals surface area contributed by atoms with Crippen molar-refractivity contribution in [3.63, 3.8) is 0 Å². The Morgan fingerprint density at radius 1 is 1.06 bits per heavy atom. The summed E-state index contributed by atoms with van der Waals surface area (Å²) in [5, 5.41) is 14.5. The number of anilines is 1. The monoisotopic (exact) mass is 537 g/mol. The number of nitrogens with zero attached hydrogens (tertiary/aromatic N) is 2. The van der Waals surface area contributed by atoms with E-state index in [9.17, 15) is 4.79 Å². The number of carbonyl (C=O) groups is 1. The molecule has 35 heavy (non-hydrogen) atoms. The highest BCUT2D eigenvalue weighted by Crippen LogP contribution is 2.36. The first-order chi connectivity index (χ1) is 16.8. The summed E-state index contributed by atoms with van der Waals surface area (Å²) in [5.41, 5.74) is 3.22. The zero-order valence-corrected chi connectivity index (χ0v) is 22.4. The Morgan fingerprint density at radius 2 is 1.83 bits per heavy atom. The van der Waals surface area contributed by atoms with Crippen LogP contribution < -0.4 is 5.32 Å². The molecule has 0 aromatic heterocycles. The van der Waals surface area contributed by atoms with Crippen molar-refractivity contribution in [2.75, 3.05) is 38.0 Å². The van der Waals surface area contributed by atoms with Crippen LogP contribution in [0, 0.1) is 0 Å². The number of benzene rings is 2. The number of piperidine rings is 2. The molecule has 0 amide bonds. The third-order valence-electron chi connectivity index (χ3n) is 7.43. The Hall–Kier alpha value is -1.50. The van der Waals surface area contributed by atoms with Gasteiger partial charge in [0.15, 0.2) is 0 Å². The van der Waals surface area contributed by atoms with E-state index >= 15 is 0 Å². The average Bonchev–Trinajstić information content (AvgIpc) is 2.84. The van der Waals surface area contributed by atoms with Gasteiger partial charge in [0.25, 0.3) is 0 Å². The Balaban J connectivity index is 1.35. The fourth-order valence-electron chi connectivity index (χ4n) is 5.46. The lowest BCUT2D eigenvalue weighted by Gasteiger charge is -2.42. The van der Waals surface area contributed by atoms with E-state index in [-0.39, 0.29) is 12.5 Å². The molecule has 0 saturated carbocycles. The zero-order valence-electron chi connectivity index (χ0n) is 20.2. The number of nitrogens with one attached hydrogen (secondary N) is 1. The van der Waals surface area contributed by atoms with Crippen molar-refractivity contribution in [2.24, 2.45) is 0 Å². The molecule has 2 aliphatic rings. The molecule has 2 fully saturated rings. The molecular formula is C27H34Cl3N3O2. The number of carboxylic acids is 1. The first kappa shape index (κ1) is 26.6. The first-order valence-electron chi connectivity index (χ1n) is 12.5. The van der Waals surface area contributed by atoms with E-state index in [1.165, 1.54) is 12.0 Å². The second-order valence-corrected chi connectivity index (χ2v) is 11.1. The van der Waals surface area contributed by atoms with E-state index in [1.54, 1.807) is 6.07 Å². The van der Waals surface area contributed by atoms with Crippen molar-refractivity contribution < 1.29 is 9.90 Å². The number of halogens is 3. The minimum Gasteiger partial charge on any atom is -0.481 e. The van der Waals surface area contributed by atoms with E-state index in [4.69, 9.17) is 39.9 Å². The van der Waals surface area contributed by atoms with Gasteiger partial charge in [-0.25, -0.2) is 0 Å². The molecule has 0 spiro atoms. The highest BCUT2D eigenvalue weighted by Gasteiger charge is 2.29. The van der Waals surface area contributed by atoms with Gasteiger partial charge in [-0.3, -0.25) is 9.69 Å². The van der Waals surface area contributed by atoms with Gasteiger partial charge in [0, 0.05) is 29.2 Å². The molecule has 2 aromatic rings. The Morgan fingerprint density at radius 3 is 2.54 bits per heavy atom. The lowest BCUT2D eigenvalue weighted by Crippen LogP contribution is -2.50. The lowest BCUT2D eigenvalue weighted by atomic mass is 9.88. The Labute approximate surface area is 223 Å². The molecule has 4 rings (SSSR count). The van der Waals surface area contributed by atoms with Gasteiger partial charge in [0.2, 0.25) is 0 Å². The van der Waals surface area contributed by atoms with Crippen LogP contribution in [0.3, 0.4) is 0 Å². The minimum atomic E-state index is -0.713. The SMILES string of the molecule is CC(Nc1cc(C2CCN([C@H]3CCCN(CCC(=O)O)C3)CC2)ccc1Cl)c1ccc(Cl)cc1Cl. The maximum absolute atomic E-state index is 10.9. The molecule has 2 heterocycles. The van der Waals surface area contributed by atoms with Crippen molar-refractivity contribution in [2.45, 2.75) is 57.0 Å². The van der Waals surface area contributed by atoms with Gasteiger partial charge in [-0.2, -0.15) is 0 Å². The van der Waals surface area contributed by atoms with Crippen LogP contribution in [-0.2, 0) is 4.79 Å². The van der Waals surface area contributed by atoms with Crippen LogP contribution in [0.5, 0.6) is 0 Å². The number of likely N-dealkylation sites (tertiary alicyclic amines) is 2. The fourth-order valence-corrected chi connectivity index (χ4v) is 6.20. The lowest BCUT2D eigenvalue weighted by molar-refractivity contribution is -0.137.